The number of methoxy groups -OCH3 is 2. The standard InChI is InChI=1S/C29H29NO6/c1-34-29(35-2)24(17-23(28(32)33)16-19-8-4-3-5-9-19)30-27(31)21-14-12-20(13-15-21)26-18-22-10-6-7-11-25(22)36-26/h3-15,18,23-24,29H,16-17H2,1-2H3,(H,30,31)(H,32,33)/t23-,24-/m0/s1. The fourth-order valence-electron chi connectivity index (χ4n) is 4.30. The summed E-state index contributed by atoms with van der Waals surface area (Å²) in [6, 6.07) is 25.5. The Balaban J connectivity index is 1.49. The van der Waals surface area contributed by atoms with Gasteiger partial charge in [-0.25, -0.2) is 0 Å². The van der Waals surface area contributed by atoms with Gasteiger partial charge in [0.2, 0.25) is 0 Å². The molecule has 0 saturated carbocycles. The molecule has 4 aromatic rings. The SMILES string of the molecule is COC(OC)[C@H](C[C@H](Cc1ccccc1)C(=O)O)NC(=O)c1ccc(-c2cc3ccccc3o2)cc1. The van der Waals surface area contributed by atoms with Crippen LogP contribution in [0.2, 0.25) is 0 Å². The lowest BCUT2D eigenvalue weighted by Crippen LogP contribution is -2.47. The van der Waals surface area contributed by atoms with Gasteiger partial charge in [-0.05, 0) is 42.7 Å². The van der Waals surface area contributed by atoms with Crippen molar-refractivity contribution in [1.82, 2.24) is 5.32 Å². The molecule has 0 fully saturated rings. The molecule has 4 rings (SSSR count). The van der Waals surface area contributed by atoms with E-state index in [4.69, 9.17) is 13.9 Å². The number of carbonyl (C=O) groups is 2. The first-order valence-electron chi connectivity index (χ1n) is 11.7. The quantitative estimate of drug-likeness (QED) is 0.284. The predicted molar refractivity (Wildman–Crippen MR) is 137 cm³/mol. The van der Waals surface area contributed by atoms with Crippen LogP contribution < -0.4 is 5.32 Å². The van der Waals surface area contributed by atoms with Crippen molar-refractivity contribution in [2.24, 2.45) is 5.92 Å². The Morgan fingerprint density at radius 1 is 0.917 bits per heavy atom. The van der Waals surface area contributed by atoms with Crippen LogP contribution in [-0.2, 0) is 20.7 Å². The van der Waals surface area contributed by atoms with Crippen molar-refractivity contribution < 1.29 is 28.6 Å². The minimum absolute atomic E-state index is 0.138. The highest BCUT2D eigenvalue weighted by atomic mass is 16.7. The lowest BCUT2D eigenvalue weighted by molar-refractivity contribution is -0.146. The Bertz CT molecular complexity index is 1260. The smallest absolute Gasteiger partial charge is 0.306 e. The van der Waals surface area contributed by atoms with Crippen LogP contribution >= 0.6 is 0 Å². The van der Waals surface area contributed by atoms with Crippen LogP contribution in [0.15, 0.2) is 89.3 Å². The molecule has 7 heteroatoms. The molecule has 2 atom stereocenters. The zero-order valence-electron chi connectivity index (χ0n) is 20.2. The summed E-state index contributed by atoms with van der Waals surface area (Å²) in [6.45, 7) is 0. The van der Waals surface area contributed by atoms with Gasteiger partial charge in [0.15, 0.2) is 6.29 Å². The first-order valence-corrected chi connectivity index (χ1v) is 11.7. The molecule has 1 aromatic heterocycles. The number of rotatable bonds is 11. The number of furan rings is 1. The van der Waals surface area contributed by atoms with Gasteiger partial charge in [0.05, 0.1) is 12.0 Å². The topological polar surface area (TPSA) is 98.0 Å². The number of para-hydroxylation sites is 1. The maximum Gasteiger partial charge on any atom is 0.306 e. The maximum absolute atomic E-state index is 13.1. The minimum Gasteiger partial charge on any atom is -0.481 e. The second-order valence-corrected chi connectivity index (χ2v) is 8.61. The number of fused-ring (bicyclic) bond motifs is 1. The van der Waals surface area contributed by atoms with Crippen LogP contribution in [0.25, 0.3) is 22.3 Å². The van der Waals surface area contributed by atoms with E-state index < -0.39 is 24.2 Å². The van der Waals surface area contributed by atoms with Gasteiger partial charge in [-0.1, -0.05) is 60.7 Å². The van der Waals surface area contributed by atoms with Crippen molar-refractivity contribution >= 4 is 22.8 Å². The van der Waals surface area contributed by atoms with Crippen molar-refractivity contribution in [3.8, 4) is 11.3 Å². The van der Waals surface area contributed by atoms with Crippen LogP contribution in [0.3, 0.4) is 0 Å². The minimum atomic E-state index is -0.945. The highest BCUT2D eigenvalue weighted by Gasteiger charge is 2.30. The molecule has 1 amide bonds. The van der Waals surface area contributed by atoms with Crippen molar-refractivity contribution in [2.45, 2.75) is 25.2 Å². The Morgan fingerprint density at radius 2 is 1.58 bits per heavy atom. The number of carboxylic acids is 1. The van der Waals surface area contributed by atoms with E-state index in [0.717, 1.165) is 22.1 Å². The van der Waals surface area contributed by atoms with E-state index in [1.54, 1.807) is 12.1 Å². The van der Waals surface area contributed by atoms with E-state index in [0.29, 0.717) is 17.7 Å². The number of benzene rings is 3. The fourth-order valence-corrected chi connectivity index (χ4v) is 4.30. The van der Waals surface area contributed by atoms with Crippen LogP contribution in [0.1, 0.15) is 22.3 Å². The van der Waals surface area contributed by atoms with Crippen molar-refractivity contribution in [3.63, 3.8) is 0 Å². The van der Waals surface area contributed by atoms with Crippen LogP contribution in [0, 0.1) is 5.92 Å². The van der Waals surface area contributed by atoms with Crippen molar-refractivity contribution in [2.75, 3.05) is 14.2 Å². The molecule has 0 radical (unpaired) electrons. The van der Waals surface area contributed by atoms with Gasteiger partial charge in [-0.15, -0.1) is 0 Å². The molecule has 2 N–H and O–H groups in total. The second kappa shape index (κ2) is 11.7. The van der Waals surface area contributed by atoms with E-state index in [1.807, 2.05) is 72.8 Å². The summed E-state index contributed by atoms with van der Waals surface area (Å²) in [6.07, 6.45) is -0.338. The predicted octanol–water partition coefficient (Wildman–Crippen LogP) is 5.15. The van der Waals surface area contributed by atoms with Crippen LogP contribution in [0.5, 0.6) is 0 Å². The molecular formula is C29H29NO6. The molecule has 36 heavy (non-hydrogen) atoms. The van der Waals surface area contributed by atoms with Crippen molar-refractivity contribution in [1.29, 1.82) is 0 Å². The maximum atomic E-state index is 13.1. The summed E-state index contributed by atoms with van der Waals surface area (Å²) in [4.78, 5) is 25.1. The average molecular weight is 488 g/mol. The molecule has 7 nitrogen and oxygen atoms in total. The molecule has 0 bridgehead atoms. The number of aliphatic carboxylic acids is 1. The Labute approximate surface area is 209 Å². The third-order valence-electron chi connectivity index (χ3n) is 6.18. The zero-order valence-corrected chi connectivity index (χ0v) is 20.2. The summed E-state index contributed by atoms with van der Waals surface area (Å²) < 4.78 is 16.7. The molecule has 0 aliphatic rings. The monoisotopic (exact) mass is 487 g/mol. The number of nitrogens with one attached hydrogen (secondary N) is 1. The largest absolute Gasteiger partial charge is 0.481 e. The van der Waals surface area contributed by atoms with Gasteiger partial charge in [-0.3, -0.25) is 9.59 Å². The molecular weight excluding hydrogens is 458 g/mol. The lowest BCUT2D eigenvalue weighted by atomic mass is 9.92. The Kier molecular flexibility index (Phi) is 8.15. The number of carboxylic acid groups (broad SMARTS) is 1. The fraction of sp³-hybridized carbons (Fsp3) is 0.241. The Hall–Kier alpha value is -3.94. The summed E-state index contributed by atoms with van der Waals surface area (Å²) in [7, 11) is 2.92. The number of amides is 1. The van der Waals surface area contributed by atoms with E-state index in [-0.39, 0.29) is 12.3 Å². The highest BCUT2D eigenvalue weighted by Crippen LogP contribution is 2.28. The van der Waals surface area contributed by atoms with E-state index in [1.165, 1.54) is 14.2 Å². The molecule has 0 spiro atoms. The van der Waals surface area contributed by atoms with Crippen LogP contribution in [-0.4, -0.2) is 43.5 Å². The number of hydrogen-bond donors (Lipinski definition) is 2. The molecule has 1 heterocycles. The van der Waals surface area contributed by atoms with E-state index in [9.17, 15) is 14.7 Å². The van der Waals surface area contributed by atoms with E-state index >= 15 is 0 Å². The molecule has 3 aromatic carbocycles. The summed E-state index contributed by atoms with van der Waals surface area (Å²) in [5.41, 5.74) is 2.98. The normalized spacial score (nSPS) is 13.0. The van der Waals surface area contributed by atoms with Gasteiger partial charge in [0.1, 0.15) is 11.3 Å². The van der Waals surface area contributed by atoms with Gasteiger partial charge in [-0.2, -0.15) is 0 Å². The molecule has 0 unspecified atom stereocenters. The summed E-state index contributed by atoms with van der Waals surface area (Å²) in [5.74, 6) is -1.32. The number of carbonyl (C=O) groups excluding carboxylic acids is 1. The molecule has 186 valence electrons. The molecule has 0 saturated heterocycles. The second-order valence-electron chi connectivity index (χ2n) is 8.61. The first-order chi connectivity index (χ1) is 17.5. The van der Waals surface area contributed by atoms with E-state index in [2.05, 4.69) is 5.32 Å². The van der Waals surface area contributed by atoms with Crippen LogP contribution in [0.4, 0.5) is 0 Å². The lowest BCUT2D eigenvalue weighted by Gasteiger charge is -2.28. The summed E-state index contributed by atoms with van der Waals surface area (Å²) >= 11 is 0. The Morgan fingerprint density at radius 3 is 2.22 bits per heavy atom. The van der Waals surface area contributed by atoms with Gasteiger partial charge >= 0.3 is 5.97 Å². The number of hydrogen-bond acceptors (Lipinski definition) is 5. The third-order valence-corrected chi connectivity index (χ3v) is 6.18. The van der Waals surface area contributed by atoms with Gasteiger partial charge in [0, 0.05) is 30.7 Å². The van der Waals surface area contributed by atoms with Gasteiger partial charge in [0.25, 0.3) is 5.91 Å². The average Bonchev–Trinajstić information content (AvgIpc) is 3.34. The highest BCUT2D eigenvalue weighted by molar-refractivity contribution is 5.95. The van der Waals surface area contributed by atoms with Gasteiger partial charge < -0.3 is 24.3 Å². The molecule has 0 aliphatic carbocycles. The first kappa shape index (κ1) is 25.2. The summed E-state index contributed by atoms with van der Waals surface area (Å²) in [5, 5.41) is 13.8. The zero-order chi connectivity index (χ0) is 25.5. The molecule has 0 aliphatic heterocycles. The number of ether oxygens (including phenoxy) is 2. The van der Waals surface area contributed by atoms with Crippen molar-refractivity contribution in [3.05, 3.63) is 96.1 Å². The third kappa shape index (κ3) is 6.00.